The van der Waals surface area contributed by atoms with E-state index in [0.29, 0.717) is 13.2 Å². The Morgan fingerprint density at radius 2 is 2.05 bits per heavy atom. The van der Waals surface area contributed by atoms with Crippen molar-refractivity contribution in [3.05, 3.63) is 52.6 Å². The first-order valence-electron chi connectivity index (χ1n) is 6.36. The van der Waals surface area contributed by atoms with E-state index in [9.17, 15) is 10.1 Å². The van der Waals surface area contributed by atoms with E-state index in [1.807, 2.05) is 6.08 Å². The summed E-state index contributed by atoms with van der Waals surface area (Å²) in [4.78, 5) is 10.1. The molecule has 20 heavy (non-hydrogen) atoms. The minimum atomic E-state index is -0.419. The van der Waals surface area contributed by atoms with Gasteiger partial charge in [-0.2, -0.15) is 0 Å². The van der Waals surface area contributed by atoms with Crippen LogP contribution < -0.4 is 0 Å². The fourth-order valence-electron chi connectivity index (χ4n) is 1.62. The van der Waals surface area contributed by atoms with Crippen LogP contribution in [0.5, 0.6) is 0 Å². The van der Waals surface area contributed by atoms with Gasteiger partial charge in [0.05, 0.1) is 11.5 Å². The largest absolute Gasteiger partial charge is 0.364 e. The summed E-state index contributed by atoms with van der Waals surface area (Å²) in [5, 5.41) is 10.5. The molecule has 0 N–H and O–H groups in total. The van der Waals surface area contributed by atoms with Crippen LogP contribution in [0.25, 0.3) is 0 Å². The van der Waals surface area contributed by atoms with Crippen LogP contribution in [0.3, 0.4) is 0 Å². The zero-order valence-electron chi connectivity index (χ0n) is 11.9. The number of benzene rings is 1. The first-order chi connectivity index (χ1) is 9.44. The van der Waals surface area contributed by atoms with Crippen molar-refractivity contribution < 1.29 is 9.66 Å². The lowest BCUT2D eigenvalue weighted by Gasteiger charge is -2.13. The zero-order chi connectivity index (χ0) is 15.0. The Morgan fingerprint density at radius 3 is 2.60 bits per heavy atom. The van der Waals surface area contributed by atoms with Crippen LogP contribution in [-0.4, -0.2) is 11.5 Å². The number of nitro benzene ring substituents is 1. The monoisotopic (exact) mass is 273 g/mol. The second-order valence-corrected chi connectivity index (χ2v) is 5.09. The smallest absolute Gasteiger partial charge is 0.269 e. The zero-order valence-corrected chi connectivity index (χ0v) is 11.9. The van der Waals surface area contributed by atoms with Crippen molar-refractivity contribution >= 4 is 5.69 Å². The molecular formula is C16H19NO3. The Morgan fingerprint density at radius 1 is 1.40 bits per heavy atom. The molecule has 4 nitrogen and oxygen atoms in total. The van der Waals surface area contributed by atoms with Gasteiger partial charge in [0.25, 0.3) is 5.69 Å². The maximum Gasteiger partial charge on any atom is 0.269 e. The summed E-state index contributed by atoms with van der Waals surface area (Å²) in [6.45, 7) is 8.55. The number of non-ortho nitro benzene ring substituents is 1. The standard InChI is InChI=1S/C16H19NO3/c1-4-10-16(2,3)11-5-12-20-13-14-6-8-15(9-7-14)17(18)19/h4,6-9H,1,10,12-13H2,2-3H3. The van der Waals surface area contributed by atoms with Gasteiger partial charge in [0.15, 0.2) is 0 Å². The molecular weight excluding hydrogens is 254 g/mol. The average molecular weight is 273 g/mol. The van der Waals surface area contributed by atoms with E-state index in [-0.39, 0.29) is 11.1 Å². The van der Waals surface area contributed by atoms with Crippen LogP contribution in [0.1, 0.15) is 25.8 Å². The minimum absolute atomic E-state index is 0.0831. The van der Waals surface area contributed by atoms with Crippen LogP contribution in [-0.2, 0) is 11.3 Å². The molecule has 0 amide bonds. The molecule has 0 spiro atoms. The lowest BCUT2D eigenvalue weighted by Crippen LogP contribution is -2.06. The van der Waals surface area contributed by atoms with E-state index in [0.717, 1.165) is 12.0 Å². The number of hydrogen-bond acceptors (Lipinski definition) is 3. The van der Waals surface area contributed by atoms with Crippen molar-refractivity contribution in [1.82, 2.24) is 0 Å². The highest BCUT2D eigenvalue weighted by molar-refractivity contribution is 5.32. The van der Waals surface area contributed by atoms with E-state index in [1.165, 1.54) is 12.1 Å². The van der Waals surface area contributed by atoms with Gasteiger partial charge in [0, 0.05) is 17.5 Å². The molecule has 0 bridgehead atoms. The van der Waals surface area contributed by atoms with Gasteiger partial charge in [-0.25, -0.2) is 0 Å². The Hall–Kier alpha value is -2.12. The van der Waals surface area contributed by atoms with Crippen molar-refractivity contribution in [3.8, 4) is 11.8 Å². The summed E-state index contributed by atoms with van der Waals surface area (Å²) >= 11 is 0. The predicted molar refractivity (Wildman–Crippen MR) is 79.1 cm³/mol. The Balaban J connectivity index is 2.40. The van der Waals surface area contributed by atoms with E-state index in [1.54, 1.807) is 12.1 Å². The predicted octanol–water partition coefficient (Wildman–Crippen LogP) is 3.72. The Labute approximate surface area is 119 Å². The summed E-state index contributed by atoms with van der Waals surface area (Å²) in [7, 11) is 0. The van der Waals surface area contributed by atoms with E-state index in [2.05, 4.69) is 32.3 Å². The quantitative estimate of drug-likeness (QED) is 0.261. The van der Waals surface area contributed by atoms with Crippen molar-refractivity contribution in [1.29, 1.82) is 0 Å². The topological polar surface area (TPSA) is 52.4 Å². The van der Waals surface area contributed by atoms with Crippen molar-refractivity contribution in [2.75, 3.05) is 6.61 Å². The molecule has 1 aromatic carbocycles. The van der Waals surface area contributed by atoms with E-state index in [4.69, 9.17) is 4.74 Å². The molecule has 0 heterocycles. The summed E-state index contributed by atoms with van der Waals surface area (Å²) < 4.78 is 5.42. The van der Waals surface area contributed by atoms with E-state index >= 15 is 0 Å². The number of allylic oxidation sites excluding steroid dienone is 1. The van der Waals surface area contributed by atoms with Gasteiger partial charge in [-0.3, -0.25) is 10.1 Å². The van der Waals surface area contributed by atoms with Gasteiger partial charge >= 0.3 is 0 Å². The molecule has 0 aliphatic carbocycles. The summed E-state index contributed by atoms with van der Waals surface area (Å²) in [5.74, 6) is 6.12. The molecule has 0 saturated carbocycles. The molecule has 0 aromatic heterocycles. The first kappa shape index (κ1) is 15.9. The molecule has 106 valence electrons. The maximum atomic E-state index is 10.5. The van der Waals surface area contributed by atoms with Crippen LogP contribution in [0, 0.1) is 27.4 Å². The van der Waals surface area contributed by atoms with Crippen LogP contribution in [0.15, 0.2) is 36.9 Å². The van der Waals surface area contributed by atoms with Crippen LogP contribution in [0.4, 0.5) is 5.69 Å². The third-order valence-electron chi connectivity index (χ3n) is 2.67. The molecule has 0 unspecified atom stereocenters. The van der Waals surface area contributed by atoms with Crippen LogP contribution in [0.2, 0.25) is 0 Å². The molecule has 4 heteroatoms. The number of nitrogens with zero attached hydrogens (tertiary/aromatic N) is 1. The third-order valence-corrected chi connectivity index (χ3v) is 2.67. The third kappa shape index (κ3) is 5.68. The fourth-order valence-corrected chi connectivity index (χ4v) is 1.62. The van der Waals surface area contributed by atoms with Gasteiger partial charge in [-0.15, -0.1) is 6.58 Å². The lowest BCUT2D eigenvalue weighted by molar-refractivity contribution is -0.384. The van der Waals surface area contributed by atoms with Crippen molar-refractivity contribution in [2.24, 2.45) is 5.41 Å². The molecule has 1 aromatic rings. The highest BCUT2D eigenvalue weighted by atomic mass is 16.6. The highest BCUT2D eigenvalue weighted by Gasteiger charge is 2.10. The van der Waals surface area contributed by atoms with Gasteiger partial charge in [-0.1, -0.05) is 17.9 Å². The SMILES string of the molecule is C=CCC(C)(C)C#CCOCc1ccc([N+](=O)[O-])cc1. The van der Waals surface area contributed by atoms with Gasteiger partial charge < -0.3 is 4.74 Å². The molecule has 1 rings (SSSR count). The number of hydrogen-bond donors (Lipinski definition) is 0. The Kier molecular flexibility index (Phi) is 5.95. The normalized spacial score (nSPS) is 10.5. The van der Waals surface area contributed by atoms with Gasteiger partial charge in [0.2, 0.25) is 0 Å². The van der Waals surface area contributed by atoms with Crippen LogP contribution >= 0.6 is 0 Å². The highest BCUT2D eigenvalue weighted by Crippen LogP contribution is 2.18. The average Bonchev–Trinajstić information content (AvgIpc) is 2.38. The molecule has 0 atom stereocenters. The van der Waals surface area contributed by atoms with Gasteiger partial charge in [0.1, 0.15) is 6.61 Å². The molecule has 0 radical (unpaired) electrons. The Bertz CT molecular complexity index is 521. The lowest BCUT2D eigenvalue weighted by atomic mass is 9.90. The second kappa shape index (κ2) is 7.46. The van der Waals surface area contributed by atoms with E-state index < -0.39 is 4.92 Å². The van der Waals surface area contributed by atoms with Crippen molar-refractivity contribution in [2.45, 2.75) is 26.9 Å². The molecule has 0 saturated heterocycles. The van der Waals surface area contributed by atoms with Gasteiger partial charge in [-0.05, 0) is 38.0 Å². The molecule has 0 fully saturated rings. The number of nitro groups is 1. The molecule has 0 aliphatic heterocycles. The summed E-state index contributed by atoms with van der Waals surface area (Å²) in [6.07, 6.45) is 2.69. The number of rotatable bonds is 6. The number of ether oxygens (including phenoxy) is 1. The molecule has 0 aliphatic rings. The fraction of sp³-hybridized carbons (Fsp3) is 0.375. The second-order valence-electron chi connectivity index (χ2n) is 5.09. The minimum Gasteiger partial charge on any atom is -0.364 e. The van der Waals surface area contributed by atoms with Crippen molar-refractivity contribution in [3.63, 3.8) is 0 Å². The maximum absolute atomic E-state index is 10.5. The summed E-state index contributed by atoms with van der Waals surface area (Å²) in [5.41, 5.74) is 0.890. The summed E-state index contributed by atoms with van der Waals surface area (Å²) in [6, 6.07) is 6.32. The first-order valence-corrected chi connectivity index (χ1v) is 6.36.